The van der Waals surface area contributed by atoms with E-state index < -0.39 is 0 Å². The lowest BCUT2D eigenvalue weighted by atomic mass is 9.93. The summed E-state index contributed by atoms with van der Waals surface area (Å²) < 4.78 is 7.32. The summed E-state index contributed by atoms with van der Waals surface area (Å²) in [5, 5.41) is 4.27. The Morgan fingerprint density at radius 2 is 2.40 bits per heavy atom. The highest BCUT2D eigenvalue weighted by molar-refractivity contribution is 5.32. The molecule has 0 radical (unpaired) electrons. The molecule has 0 aromatic carbocycles. The highest BCUT2D eigenvalue weighted by Gasteiger charge is 2.25. The lowest BCUT2D eigenvalue weighted by Crippen LogP contribution is -2.18. The van der Waals surface area contributed by atoms with Crippen molar-refractivity contribution < 1.29 is 4.42 Å². The maximum atomic E-state index is 5.87. The molecule has 0 saturated carbocycles. The van der Waals surface area contributed by atoms with Crippen LogP contribution in [0.3, 0.4) is 0 Å². The third kappa shape index (κ3) is 1.25. The molecule has 1 aliphatic rings. The average Bonchev–Trinajstić information content (AvgIpc) is 2.85. The van der Waals surface area contributed by atoms with Gasteiger partial charge >= 0.3 is 0 Å². The fourth-order valence-electron chi connectivity index (χ4n) is 2.30. The maximum Gasteiger partial charge on any atom is 0.122 e. The van der Waals surface area contributed by atoms with Gasteiger partial charge in [0, 0.05) is 12.0 Å². The highest BCUT2D eigenvalue weighted by atomic mass is 16.3. The molecule has 3 rings (SSSR count). The molecule has 0 spiro atoms. The van der Waals surface area contributed by atoms with Crippen LogP contribution in [0.1, 0.15) is 30.2 Å². The zero-order valence-electron chi connectivity index (χ0n) is 8.39. The van der Waals surface area contributed by atoms with Gasteiger partial charge in [0.2, 0.25) is 0 Å². The molecular formula is C11H13N3O. The van der Waals surface area contributed by atoms with Crippen LogP contribution >= 0.6 is 0 Å². The van der Waals surface area contributed by atoms with E-state index in [0.29, 0.717) is 5.82 Å². The Kier molecular flexibility index (Phi) is 1.80. The Morgan fingerprint density at radius 1 is 1.47 bits per heavy atom. The van der Waals surface area contributed by atoms with Crippen molar-refractivity contribution in [2.24, 2.45) is 0 Å². The third-order valence-corrected chi connectivity index (χ3v) is 3.02. The molecule has 4 heteroatoms. The number of hydrogen-bond acceptors (Lipinski definition) is 3. The van der Waals surface area contributed by atoms with Gasteiger partial charge in [-0.2, -0.15) is 5.10 Å². The summed E-state index contributed by atoms with van der Waals surface area (Å²) in [4.78, 5) is 0. The number of nitrogen functional groups attached to an aromatic ring is 1. The van der Waals surface area contributed by atoms with E-state index >= 15 is 0 Å². The standard InChI is InChI=1S/C11H13N3O/c12-11-4-6-13-14(11)9-2-1-3-10-8(9)5-7-15-10/h4-7,9H,1-3,12H2. The van der Waals surface area contributed by atoms with Crippen molar-refractivity contribution in [3.63, 3.8) is 0 Å². The largest absolute Gasteiger partial charge is 0.469 e. The summed E-state index contributed by atoms with van der Waals surface area (Å²) in [7, 11) is 0. The van der Waals surface area contributed by atoms with E-state index in [4.69, 9.17) is 10.2 Å². The van der Waals surface area contributed by atoms with E-state index in [0.717, 1.165) is 25.0 Å². The second kappa shape index (κ2) is 3.15. The van der Waals surface area contributed by atoms with Gasteiger partial charge in [-0.3, -0.25) is 0 Å². The van der Waals surface area contributed by atoms with Crippen LogP contribution in [0.25, 0.3) is 0 Å². The van der Waals surface area contributed by atoms with E-state index in [1.807, 2.05) is 16.8 Å². The molecule has 0 fully saturated rings. The van der Waals surface area contributed by atoms with E-state index in [1.165, 1.54) is 5.56 Å². The maximum absolute atomic E-state index is 5.87. The molecular weight excluding hydrogens is 190 g/mol. The second-order valence-electron chi connectivity index (χ2n) is 3.91. The molecule has 0 amide bonds. The van der Waals surface area contributed by atoms with Gasteiger partial charge in [0.25, 0.3) is 0 Å². The first kappa shape index (κ1) is 8.59. The summed E-state index contributed by atoms with van der Waals surface area (Å²) in [6.45, 7) is 0. The van der Waals surface area contributed by atoms with Crippen molar-refractivity contribution in [3.8, 4) is 0 Å². The third-order valence-electron chi connectivity index (χ3n) is 3.02. The van der Waals surface area contributed by atoms with Gasteiger partial charge in [-0.15, -0.1) is 0 Å². The summed E-state index contributed by atoms with van der Waals surface area (Å²) in [6, 6.07) is 4.11. The van der Waals surface area contributed by atoms with Crippen LogP contribution in [-0.2, 0) is 6.42 Å². The Hall–Kier alpha value is -1.71. The number of rotatable bonds is 1. The lowest BCUT2D eigenvalue weighted by Gasteiger charge is -2.22. The molecule has 1 unspecified atom stereocenters. The van der Waals surface area contributed by atoms with Crippen LogP contribution in [0.5, 0.6) is 0 Å². The minimum Gasteiger partial charge on any atom is -0.469 e. The van der Waals surface area contributed by atoms with Crippen molar-refractivity contribution >= 4 is 5.82 Å². The number of aryl methyl sites for hydroxylation is 1. The number of anilines is 1. The second-order valence-corrected chi connectivity index (χ2v) is 3.91. The molecule has 15 heavy (non-hydrogen) atoms. The fourth-order valence-corrected chi connectivity index (χ4v) is 2.30. The smallest absolute Gasteiger partial charge is 0.122 e. The topological polar surface area (TPSA) is 57.0 Å². The molecule has 1 aliphatic carbocycles. The summed E-state index contributed by atoms with van der Waals surface area (Å²) in [5.41, 5.74) is 7.10. The summed E-state index contributed by atoms with van der Waals surface area (Å²) >= 11 is 0. The van der Waals surface area contributed by atoms with E-state index in [9.17, 15) is 0 Å². The molecule has 0 saturated heterocycles. The van der Waals surface area contributed by atoms with Crippen molar-refractivity contribution in [3.05, 3.63) is 35.9 Å². The van der Waals surface area contributed by atoms with Gasteiger partial charge in [-0.1, -0.05) is 0 Å². The summed E-state index contributed by atoms with van der Waals surface area (Å²) in [6.07, 6.45) is 6.73. The number of nitrogens with zero attached hydrogens (tertiary/aromatic N) is 2. The minimum atomic E-state index is 0.252. The van der Waals surface area contributed by atoms with Crippen LogP contribution < -0.4 is 5.73 Å². The predicted molar refractivity (Wildman–Crippen MR) is 56.4 cm³/mol. The van der Waals surface area contributed by atoms with Crippen molar-refractivity contribution in [2.45, 2.75) is 25.3 Å². The summed E-state index contributed by atoms with van der Waals surface area (Å²) in [5.74, 6) is 1.80. The monoisotopic (exact) mass is 203 g/mol. The Balaban J connectivity index is 2.07. The number of hydrogen-bond donors (Lipinski definition) is 1. The SMILES string of the molecule is Nc1ccnn1C1CCCc2occc21. The molecule has 2 heterocycles. The van der Waals surface area contributed by atoms with Crippen LogP contribution in [0.4, 0.5) is 5.82 Å². The zero-order valence-corrected chi connectivity index (χ0v) is 8.39. The number of fused-ring (bicyclic) bond motifs is 1. The van der Waals surface area contributed by atoms with Gasteiger partial charge in [0.05, 0.1) is 18.5 Å². The number of aromatic nitrogens is 2. The van der Waals surface area contributed by atoms with Gasteiger partial charge in [0.1, 0.15) is 11.6 Å². The zero-order chi connectivity index (χ0) is 10.3. The Labute approximate surface area is 87.7 Å². The van der Waals surface area contributed by atoms with Gasteiger partial charge in [-0.05, 0) is 25.0 Å². The first-order valence-electron chi connectivity index (χ1n) is 5.21. The minimum absolute atomic E-state index is 0.252. The van der Waals surface area contributed by atoms with E-state index in [-0.39, 0.29) is 6.04 Å². The normalized spacial score (nSPS) is 20.1. The van der Waals surface area contributed by atoms with Gasteiger partial charge < -0.3 is 10.2 Å². The van der Waals surface area contributed by atoms with Crippen LogP contribution in [-0.4, -0.2) is 9.78 Å². The van der Waals surface area contributed by atoms with Crippen LogP contribution in [0, 0.1) is 0 Å². The predicted octanol–water partition coefficient (Wildman–Crippen LogP) is 1.98. The quantitative estimate of drug-likeness (QED) is 0.771. The van der Waals surface area contributed by atoms with Gasteiger partial charge in [-0.25, -0.2) is 4.68 Å². The molecule has 0 bridgehead atoms. The number of furan rings is 1. The highest BCUT2D eigenvalue weighted by Crippen LogP contribution is 2.34. The Morgan fingerprint density at radius 3 is 3.20 bits per heavy atom. The molecule has 2 aromatic rings. The molecule has 78 valence electrons. The van der Waals surface area contributed by atoms with Crippen molar-refractivity contribution in [2.75, 3.05) is 5.73 Å². The van der Waals surface area contributed by atoms with Crippen molar-refractivity contribution in [1.29, 1.82) is 0 Å². The van der Waals surface area contributed by atoms with Gasteiger partial charge in [0.15, 0.2) is 0 Å². The lowest BCUT2D eigenvalue weighted by molar-refractivity contribution is 0.409. The van der Waals surface area contributed by atoms with E-state index in [2.05, 4.69) is 5.10 Å². The molecule has 0 aliphatic heterocycles. The molecule has 1 atom stereocenters. The van der Waals surface area contributed by atoms with E-state index in [1.54, 1.807) is 12.5 Å². The van der Waals surface area contributed by atoms with Crippen molar-refractivity contribution in [1.82, 2.24) is 9.78 Å². The molecule has 2 N–H and O–H groups in total. The average molecular weight is 203 g/mol. The first-order chi connectivity index (χ1) is 7.36. The number of nitrogens with two attached hydrogens (primary N) is 1. The Bertz CT molecular complexity index is 472. The first-order valence-corrected chi connectivity index (χ1v) is 5.21. The van der Waals surface area contributed by atoms with Crippen LogP contribution in [0.15, 0.2) is 29.0 Å². The van der Waals surface area contributed by atoms with Crippen LogP contribution in [0.2, 0.25) is 0 Å². The fraction of sp³-hybridized carbons (Fsp3) is 0.364. The molecule has 4 nitrogen and oxygen atoms in total. The molecule has 2 aromatic heterocycles.